The van der Waals surface area contributed by atoms with E-state index in [0.717, 1.165) is 0 Å². The normalized spacial score (nSPS) is 10.3. The second-order valence-electron chi connectivity index (χ2n) is 2.76. The van der Waals surface area contributed by atoms with E-state index in [1.54, 1.807) is 12.1 Å². The Labute approximate surface area is 76.7 Å². The fourth-order valence-corrected chi connectivity index (χ4v) is 1.01. The van der Waals surface area contributed by atoms with Gasteiger partial charge in [-0.25, -0.2) is 0 Å². The molecule has 0 aromatic heterocycles. The van der Waals surface area contributed by atoms with Crippen LogP contribution in [0.15, 0.2) is 18.2 Å². The largest absolute Gasteiger partial charge is 0.506 e. The number of hydrogen-bond acceptors (Lipinski definition) is 2. The van der Waals surface area contributed by atoms with E-state index in [-0.39, 0.29) is 16.9 Å². The van der Waals surface area contributed by atoms with Gasteiger partial charge in [0.05, 0.1) is 6.10 Å². The number of aromatic hydroxyl groups is 1. The molecule has 1 rings (SSSR count). The third-order valence-electron chi connectivity index (χ3n) is 1.31. The summed E-state index contributed by atoms with van der Waals surface area (Å²) in [4.78, 5) is 0. The van der Waals surface area contributed by atoms with Gasteiger partial charge in [-0.2, -0.15) is 0 Å². The van der Waals surface area contributed by atoms with Crippen molar-refractivity contribution in [3.63, 3.8) is 0 Å². The first kappa shape index (κ1) is 9.20. The molecule has 1 aromatic rings. The van der Waals surface area contributed by atoms with Crippen molar-refractivity contribution in [1.82, 2.24) is 0 Å². The topological polar surface area (TPSA) is 29.5 Å². The van der Waals surface area contributed by atoms with Crippen LogP contribution in [0.3, 0.4) is 0 Å². The summed E-state index contributed by atoms with van der Waals surface area (Å²) < 4.78 is 5.33. The standard InChI is InChI=1S/C9H11ClO2/c1-6(2)12-8-5-3-4-7(11)9(8)10/h3-6,11H,1-2H3. The highest BCUT2D eigenvalue weighted by Crippen LogP contribution is 2.32. The lowest BCUT2D eigenvalue weighted by molar-refractivity contribution is 0.241. The summed E-state index contributed by atoms with van der Waals surface area (Å²) in [6.45, 7) is 3.81. The van der Waals surface area contributed by atoms with Crippen molar-refractivity contribution in [2.75, 3.05) is 0 Å². The van der Waals surface area contributed by atoms with Crippen LogP contribution in [-0.4, -0.2) is 11.2 Å². The van der Waals surface area contributed by atoms with Crippen LogP contribution >= 0.6 is 11.6 Å². The van der Waals surface area contributed by atoms with E-state index in [1.165, 1.54) is 6.07 Å². The lowest BCUT2D eigenvalue weighted by atomic mass is 10.3. The summed E-state index contributed by atoms with van der Waals surface area (Å²) in [5.74, 6) is 0.571. The first-order valence-corrected chi connectivity index (χ1v) is 4.13. The van der Waals surface area contributed by atoms with Gasteiger partial charge in [0.15, 0.2) is 0 Å². The fourth-order valence-electron chi connectivity index (χ4n) is 0.844. The summed E-state index contributed by atoms with van der Waals surface area (Å²) in [5, 5.41) is 9.47. The van der Waals surface area contributed by atoms with Gasteiger partial charge in [0.1, 0.15) is 16.5 Å². The Morgan fingerprint density at radius 2 is 2.08 bits per heavy atom. The Bertz CT molecular complexity index is 271. The first-order valence-electron chi connectivity index (χ1n) is 3.75. The van der Waals surface area contributed by atoms with Crippen LogP contribution in [0.1, 0.15) is 13.8 Å². The van der Waals surface area contributed by atoms with Gasteiger partial charge in [0.2, 0.25) is 0 Å². The summed E-state index contributed by atoms with van der Waals surface area (Å²) in [7, 11) is 0. The van der Waals surface area contributed by atoms with Crippen LogP contribution in [0, 0.1) is 0 Å². The first-order chi connectivity index (χ1) is 5.61. The Hall–Kier alpha value is -0.890. The molecule has 0 unspecified atom stereocenters. The predicted octanol–water partition coefficient (Wildman–Crippen LogP) is 2.83. The van der Waals surface area contributed by atoms with E-state index in [2.05, 4.69) is 0 Å². The smallest absolute Gasteiger partial charge is 0.142 e. The van der Waals surface area contributed by atoms with Crippen LogP contribution in [-0.2, 0) is 0 Å². The van der Waals surface area contributed by atoms with Crippen LogP contribution in [0.2, 0.25) is 5.02 Å². The molecule has 12 heavy (non-hydrogen) atoms. The summed E-state index contributed by atoms with van der Waals surface area (Å²) >= 11 is 5.76. The third-order valence-corrected chi connectivity index (χ3v) is 1.69. The Kier molecular flexibility index (Phi) is 2.82. The average molecular weight is 187 g/mol. The van der Waals surface area contributed by atoms with Crippen molar-refractivity contribution in [3.8, 4) is 11.5 Å². The maximum absolute atomic E-state index is 9.20. The van der Waals surface area contributed by atoms with Gasteiger partial charge in [0, 0.05) is 0 Å². The maximum atomic E-state index is 9.20. The molecule has 0 aliphatic carbocycles. The number of benzene rings is 1. The van der Waals surface area contributed by atoms with Crippen molar-refractivity contribution < 1.29 is 9.84 Å². The van der Waals surface area contributed by atoms with Gasteiger partial charge in [-0.15, -0.1) is 0 Å². The predicted molar refractivity (Wildman–Crippen MR) is 48.9 cm³/mol. The molecule has 0 radical (unpaired) electrons. The molecule has 2 nitrogen and oxygen atoms in total. The number of rotatable bonds is 2. The second-order valence-corrected chi connectivity index (χ2v) is 3.13. The highest BCUT2D eigenvalue weighted by Gasteiger charge is 2.06. The Morgan fingerprint density at radius 3 is 2.67 bits per heavy atom. The van der Waals surface area contributed by atoms with Crippen molar-refractivity contribution in [1.29, 1.82) is 0 Å². The summed E-state index contributed by atoms with van der Waals surface area (Å²) in [5.41, 5.74) is 0. The van der Waals surface area contributed by atoms with Gasteiger partial charge in [-0.1, -0.05) is 17.7 Å². The lowest BCUT2D eigenvalue weighted by Gasteiger charge is -2.11. The zero-order chi connectivity index (χ0) is 9.14. The molecular weight excluding hydrogens is 176 g/mol. The molecule has 0 saturated heterocycles. The van der Waals surface area contributed by atoms with Gasteiger partial charge in [-0.3, -0.25) is 0 Å². The van der Waals surface area contributed by atoms with Crippen LogP contribution < -0.4 is 4.74 Å². The number of halogens is 1. The van der Waals surface area contributed by atoms with Crippen molar-refractivity contribution >= 4 is 11.6 Å². The number of phenolic OH excluding ortho intramolecular Hbond substituents is 1. The second kappa shape index (κ2) is 3.68. The van der Waals surface area contributed by atoms with Gasteiger partial charge < -0.3 is 9.84 Å². The molecule has 0 atom stereocenters. The quantitative estimate of drug-likeness (QED) is 0.770. The molecule has 0 fully saturated rings. The van der Waals surface area contributed by atoms with Crippen LogP contribution in [0.4, 0.5) is 0 Å². The van der Waals surface area contributed by atoms with Gasteiger partial charge >= 0.3 is 0 Å². The zero-order valence-corrected chi connectivity index (χ0v) is 7.80. The number of hydrogen-bond donors (Lipinski definition) is 1. The fraction of sp³-hybridized carbons (Fsp3) is 0.333. The summed E-state index contributed by atoms with van der Waals surface area (Å²) in [6, 6.07) is 4.94. The zero-order valence-electron chi connectivity index (χ0n) is 7.04. The van der Waals surface area contributed by atoms with Crippen molar-refractivity contribution in [2.24, 2.45) is 0 Å². The van der Waals surface area contributed by atoms with E-state index in [1.807, 2.05) is 13.8 Å². The molecule has 3 heteroatoms. The van der Waals surface area contributed by atoms with E-state index < -0.39 is 0 Å². The molecule has 0 bridgehead atoms. The van der Waals surface area contributed by atoms with E-state index >= 15 is 0 Å². The van der Waals surface area contributed by atoms with Crippen molar-refractivity contribution in [3.05, 3.63) is 23.2 Å². The van der Waals surface area contributed by atoms with Gasteiger partial charge in [-0.05, 0) is 26.0 Å². The molecule has 66 valence electrons. The Morgan fingerprint density at radius 1 is 1.42 bits per heavy atom. The third kappa shape index (κ3) is 2.05. The van der Waals surface area contributed by atoms with Crippen LogP contribution in [0.25, 0.3) is 0 Å². The van der Waals surface area contributed by atoms with E-state index in [0.29, 0.717) is 5.75 Å². The maximum Gasteiger partial charge on any atom is 0.142 e. The minimum atomic E-state index is 0.0508. The lowest BCUT2D eigenvalue weighted by Crippen LogP contribution is -2.05. The number of phenols is 1. The van der Waals surface area contributed by atoms with E-state index in [4.69, 9.17) is 16.3 Å². The highest BCUT2D eigenvalue weighted by atomic mass is 35.5. The Balaban J connectivity index is 2.92. The van der Waals surface area contributed by atoms with Gasteiger partial charge in [0.25, 0.3) is 0 Å². The highest BCUT2D eigenvalue weighted by molar-refractivity contribution is 6.33. The minimum absolute atomic E-state index is 0.0508. The molecule has 0 heterocycles. The molecule has 0 saturated carbocycles. The molecular formula is C9H11ClO2. The molecule has 1 N–H and O–H groups in total. The molecule has 0 amide bonds. The monoisotopic (exact) mass is 186 g/mol. The molecule has 0 aliphatic heterocycles. The summed E-state index contributed by atoms with van der Waals surface area (Å²) in [6.07, 6.45) is 0.0595. The average Bonchev–Trinajstić information content (AvgIpc) is 1.98. The molecule has 0 aliphatic rings. The number of ether oxygens (including phenoxy) is 1. The van der Waals surface area contributed by atoms with Crippen molar-refractivity contribution in [2.45, 2.75) is 20.0 Å². The van der Waals surface area contributed by atoms with Crippen LogP contribution in [0.5, 0.6) is 11.5 Å². The van der Waals surface area contributed by atoms with E-state index in [9.17, 15) is 5.11 Å². The minimum Gasteiger partial charge on any atom is -0.506 e. The molecule has 1 aromatic carbocycles. The SMILES string of the molecule is CC(C)Oc1cccc(O)c1Cl. The molecule has 0 spiro atoms.